The molecule has 4 nitrogen and oxygen atoms in total. The number of halogens is 1. The fraction of sp³-hybridized carbons (Fsp3) is 0.600. The van der Waals surface area contributed by atoms with Crippen LogP contribution in [-0.2, 0) is 16.4 Å². The summed E-state index contributed by atoms with van der Waals surface area (Å²) in [6.45, 7) is 0.661. The molecule has 0 saturated carbocycles. The largest absolute Gasteiger partial charge is 0.310 e. The van der Waals surface area contributed by atoms with Crippen molar-refractivity contribution in [1.82, 2.24) is 5.32 Å². The van der Waals surface area contributed by atoms with Crippen molar-refractivity contribution < 1.29 is 8.42 Å². The van der Waals surface area contributed by atoms with Crippen LogP contribution < -0.4 is 10.5 Å². The highest BCUT2D eigenvalue weighted by atomic mass is 35.5. The van der Waals surface area contributed by atoms with Gasteiger partial charge in [-0.2, -0.15) is 0 Å². The van der Waals surface area contributed by atoms with Crippen LogP contribution in [0, 0.1) is 0 Å². The molecule has 1 atom stereocenters. The van der Waals surface area contributed by atoms with Crippen molar-refractivity contribution in [2.75, 3.05) is 12.3 Å². The first-order chi connectivity index (χ1) is 7.96. The molecule has 3 N–H and O–H groups in total. The van der Waals surface area contributed by atoms with Gasteiger partial charge in [0.15, 0.2) is 0 Å². The predicted octanol–water partition coefficient (Wildman–Crippen LogP) is 1.66. The summed E-state index contributed by atoms with van der Waals surface area (Å²) in [5, 5.41) is 8.29. The van der Waals surface area contributed by atoms with Gasteiger partial charge in [-0.05, 0) is 37.4 Å². The minimum Gasteiger partial charge on any atom is -0.310 e. The molecule has 0 aromatic carbocycles. The van der Waals surface area contributed by atoms with Crippen LogP contribution in [0.1, 0.15) is 29.3 Å². The molecule has 0 saturated heterocycles. The van der Waals surface area contributed by atoms with Crippen molar-refractivity contribution in [3.8, 4) is 0 Å². The third-order valence-electron chi connectivity index (χ3n) is 2.84. The third-order valence-corrected chi connectivity index (χ3v) is 5.04. The zero-order chi connectivity index (χ0) is 12.5. The van der Waals surface area contributed by atoms with Gasteiger partial charge in [-0.15, -0.1) is 11.3 Å². The van der Waals surface area contributed by atoms with Gasteiger partial charge in [0.05, 0.1) is 10.1 Å². The first-order valence-electron chi connectivity index (χ1n) is 5.47. The fourth-order valence-electron chi connectivity index (χ4n) is 2.09. The number of nitrogens with one attached hydrogen (secondary N) is 1. The van der Waals surface area contributed by atoms with Gasteiger partial charge in [0.1, 0.15) is 0 Å². The molecule has 1 heterocycles. The van der Waals surface area contributed by atoms with Gasteiger partial charge in [-0.3, -0.25) is 0 Å². The second kappa shape index (κ2) is 5.24. The number of hydrogen-bond donors (Lipinski definition) is 2. The van der Waals surface area contributed by atoms with Crippen molar-refractivity contribution in [1.29, 1.82) is 0 Å². The Kier molecular flexibility index (Phi) is 4.10. The number of aryl methyl sites for hydroxylation is 1. The molecule has 1 unspecified atom stereocenters. The zero-order valence-electron chi connectivity index (χ0n) is 9.28. The number of hydrogen-bond acceptors (Lipinski definition) is 4. The van der Waals surface area contributed by atoms with Gasteiger partial charge in [0.2, 0.25) is 10.0 Å². The summed E-state index contributed by atoms with van der Waals surface area (Å²) >= 11 is 7.59. The van der Waals surface area contributed by atoms with Gasteiger partial charge in [0.25, 0.3) is 0 Å². The lowest BCUT2D eigenvalue weighted by Gasteiger charge is -2.12. The second-order valence-corrected chi connectivity index (χ2v) is 7.70. The summed E-state index contributed by atoms with van der Waals surface area (Å²) in [7, 11) is -3.34. The van der Waals surface area contributed by atoms with Gasteiger partial charge < -0.3 is 5.32 Å². The third kappa shape index (κ3) is 3.66. The predicted molar refractivity (Wildman–Crippen MR) is 71.0 cm³/mol. The van der Waals surface area contributed by atoms with Crippen molar-refractivity contribution in [2.45, 2.75) is 25.3 Å². The van der Waals surface area contributed by atoms with Gasteiger partial charge in [-0.1, -0.05) is 11.6 Å². The molecule has 0 spiro atoms. The molecule has 1 aliphatic carbocycles. The average molecular weight is 295 g/mol. The quantitative estimate of drug-likeness (QED) is 0.811. The molecule has 0 amide bonds. The van der Waals surface area contributed by atoms with Crippen molar-refractivity contribution in [3.05, 3.63) is 20.8 Å². The lowest BCUT2D eigenvalue weighted by Crippen LogP contribution is -2.24. The Morgan fingerprint density at radius 3 is 3.06 bits per heavy atom. The Balaban J connectivity index is 1.82. The molecule has 0 aliphatic heterocycles. The Morgan fingerprint density at radius 1 is 1.59 bits per heavy atom. The van der Waals surface area contributed by atoms with E-state index in [4.69, 9.17) is 16.7 Å². The molecule has 96 valence electrons. The number of nitrogens with two attached hydrogens (primary N) is 1. The first kappa shape index (κ1) is 13.3. The van der Waals surface area contributed by atoms with Crippen molar-refractivity contribution in [2.24, 2.45) is 5.14 Å². The van der Waals surface area contributed by atoms with E-state index < -0.39 is 10.0 Å². The summed E-state index contributed by atoms with van der Waals surface area (Å²) in [4.78, 5) is 1.35. The summed E-state index contributed by atoms with van der Waals surface area (Å²) in [5.74, 6) is 0.0317. The summed E-state index contributed by atoms with van der Waals surface area (Å²) in [5.41, 5.74) is 1.27. The van der Waals surface area contributed by atoms with Gasteiger partial charge in [0, 0.05) is 10.9 Å². The van der Waals surface area contributed by atoms with Gasteiger partial charge >= 0.3 is 0 Å². The highest BCUT2D eigenvalue weighted by Gasteiger charge is 2.24. The van der Waals surface area contributed by atoms with E-state index >= 15 is 0 Å². The number of rotatable bonds is 5. The summed E-state index contributed by atoms with van der Waals surface area (Å²) in [6.07, 6.45) is 2.66. The Bertz CT molecular complexity index is 498. The standard InChI is InChI=1S/C10H15ClN2O2S2/c11-10-6-7-8(2-3-9(7)16-10)13-4-1-5-17(12,14)15/h6,8,13H,1-5H2,(H2,12,14,15). The van der Waals surface area contributed by atoms with Crippen molar-refractivity contribution >= 4 is 33.0 Å². The highest BCUT2D eigenvalue weighted by molar-refractivity contribution is 7.89. The topological polar surface area (TPSA) is 72.2 Å². The number of thiophene rings is 1. The Morgan fingerprint density at radius 2 is 2.35 bits per heavy atom. The molecule has 1 aliphatic rings. The first-order valence-corrected chi connectivity index (χ1v) is 8.38. The number of primary sulfonamides is 1. The van der Waals surface area contributed by atoms with Crippen LogP contribution in [0.4, 0.5) is 0 Å². The van der Waals surface area contributed by atoms with E-state index in [9.17, 15) is 8.42 Å². The van der Waals surface area contributed by atoms with Crippen LogP contribution in [0.3, 0.4) is 0 Å². The molecule has 1 aromatic rings. The zero-order valence-corrected chi connectivity index (χ0v) is 11.7. The molecule has 2 rings (SSSR count). The summed E-state index contributed by atoms with van der Waals surface area (Å²) < 4.78 is 22.4. The molecule has 17 heavy (non-hydrogen) atoms. The maximum Gasteiger partial charge on any atom is 0.209 e. The van der Waals surface area contributed by atoms with E-state index in [1.54, 1.807) is 11.3 Å². The van der Waals surface area contributed by atoms with Gasteiger partial charge in [-0.25, -0.2) is 13.6 Å². The molecule has 0 radical (unpaired) electrons. The molecular weight excluding hydrogens is 280 g/mol. The van der Waals surface area contributed by atoms with Crippen LogP contribution in [0.5, 0.6) is 0 Å². The molecule has 0 bridgehead atoms. The van der Waals surface area contributed by atoms with Crippen LogP contribution in [0.15, 0.2) is 6.07 Å². The Hall–Kier alpha value is -0.140. The molecule has 7 heteroatoms. The van der Waals surface area contributed by atoms with Crippen LogP contribution in [-0.4, -0.2) is 20.7 Å². The minimum atomic E-state index is -3.34. The fourth-order valence-corrected chi connectivity index (χ4v) is 4.00. The van der Waals surface area contributed by atoms with E-state index in [0.29, 0.717) is 19.0 Å². The normalized spacial score (nSPS) is 19.5. The van der Waals surface area contributed by atoms with E-state index in [0.717, 1.165) is 17.2 Å². The average Bonchev–Trinajstić information content (AvgIpc) is 2.71. The molecule has 0 fully saturated rings. The van der Waals surface area contributed by atoms with E-state index in [2.05, 4.69) is 5.32 Å². The van der Waals surface area contributed by atoms with E-state index in [1.165, 1.54) is 10.4 Å². The number of sulfonamides is 1. The monoisotopic (exact) mass is 294 g/mol. The van der Waals surface area contributed by atoms with Crippen LogP contribution in [0.25, 0.3) is 0 Å². The van der Waals surface area contributed by atoms with Crippen molar-refractivity contribution in [3.63, 3.8) is 0 Å². The van der Waals surface area contributed by atoms with E-state index in [-0.39, 0.29) is 5.75 Å². The van der Waals surface area contributed by atoms with Crippen LogP contribution in [0.2, 0.25) is 4.34 Å². The Labute approximate surface area is 110 Å². The highest BCUT2D eigenvalue weighted by Crippen LogP contribution is 2.39. The maximum absolute atomic E-state index is 10.8. The lowest BCUT2D eigenvalue weighted by molar-refractivity contribution is 0.526. The second-order valence-electron chi connectivity index (χ2n) is 4.19. The number of fused-ring (bicyclic) bond motifs is 1. The van der Waals surface area contributed by atoms with Crippen LogP contribution >= 0.6 is 22.9 Å². The van der Waals surface area contributed by atoms with E-state index in [1.807, 2.05) is 6.07 Å². The summed E-state index contributed by atoms with van der Waals surface area (Å²) in [6, 6.07) is 2.32. The minimum absolute atomic E-state index is 0.0317. The molecular formula is C10H15ClN2O2S2. The SMILES string of the molecule is NS(=O)(=O)CCCNC1CCc2sc(Cl)cc21. The lowest BCUT2D eigenvalue weighted by atomic mass is 10.2. The molecule has 1 aromatic heterocycles. The smallest absolute Gasteiger partial charge is 0.209 e. The maximum atomic E-state index is 10.8.